The van der Waals surface area contributed by atoms with Crippen LogP contribution in [0.15, 0.2) is 21.0 Å². The molecular weight excluding hydrogens is 316 g/mol. The number of hydrogen-bond acceptors (Lipinski definition) is 6. The fraction of sp³-hybridized carbons (Fsp3) is 0.250. The molecule has 0 N–H and O–H groups in total. The van der Waals surface area contributed by atoms with Crippen molar-refractivity contribution in [2.45, 2.75) is 13.5 Å². The van der Waals surface area contributed by atoms with E-state index < -0.39 is 0 Å². The molecule has 7 heteroatoms. The molecule has 100 valence electrons. The van der Waals surface area contributed by atoms with E-state index in [0.29, 0.717) is 33.3 Å². The second-order valence-electron chi connectivity index (χ2n) is 3.66. The third-order valence-electron chi connectivity index (χ3n) is 2.30. The van der Waals surface area contributed by atoms with Gasteiger partial charge in [0.05, 0.1) is 11.6 Å². The van der Waals surface area contributed by atoms with E-state index in [1.54, 1.807) is 19.1 Å². The van der Waals surface area contributed by atoms with Gasteiger partial charge >= 0.3 is 0 Å². The Balaban J connectivity index is 2.21. The van der Waals surface area contributed by atoms with Gasteiger partial charge in [-0.15, -0.1) is 10.2 Å². The summed E-state index contributed by atoms with van der Waals surface area (Å²) in [7, 11) is 1.50. The number of hydrogen-bond donors (Lipinski definition) is 0. The first kappa shape index (κ1) is 13.5. The van der Waals surface area contributed by atoms with Crippen molar-refractivity contribution in [3.05, 3.63) is 34.0 Å². The minimum absolute atomic E-state index is 0.121. The number of carbonyl (C=O) groups is 1. The summed E-state index contributed by atoms with van der Waals surface area (Å²) in [5.74, 6) is 1.77. The van der Waals surface area contributed by atoms with E-state index in [2.05, 4.69) is 26.1 Å². The van der Waals surface area contributed by atoms with Crippen LogP contribution in [0.2, 0.25) is 0 Å². The van der Waals surface area contributed by atoms with Crippen molar-refractivity contribution in [3.8, 4) is 11.5 Å². The summed E-state index contributed by atoms with van der Waals surface area (Å²) in [6, 6.07) is 3.23. The van der Waals surface area contributed by atoms with E-state index in [1.165, 1.54) is 7.11 Å². The van der Waals surface area contributed by atoms with E-state index in [9.17, 15) is 4.79 Å². The second-order valence-corrected chi connectivity index (χ2v) is 4.51. The average Bonchev–Trinajstić information content (AvgIpc) is 2.82. The van der Waals surface area contributed by atoms with Crippen LogP contribution < -0.4 is 9.47 Å². The van der Waals surface area contributed by atoms with Gasteiger partial charge in [-0.3, -0.25) is 4.79 Å². The van der Waals surface area contributed by atoms with Crippen molar-refractivity contribution in [2.75, 3.05) is 7.11 Å². The number of nitrogens with zero attached hydrogens (tertiary/aromatic N) is 2. The number of halogens is 1. The van der Waals surface area contributed by atoms with Gasteiger partial charge in [0.2, 0.25) is 5.89 Å². The summed E-state index contributed by atoms with van der Waals surface area (Å²) in [6.07, 6.45) is 0.735. The van der Waals surface area contributed by atoms with E-state index >= 15 is 0 Å². The summed E-state index contributed by atoms with van der Waals surface area (Å²) in [6.45, 7) is 1.82. The predicted octanol–water partition coefficient (Wildman–Crippen LogP) is 2.54. The lowest BCUT2D eigenvalue weighted by atomic mass is 10.2. The van der Waals surface area contributed by atoms with Gasteiger partial charge in [-0.05, 0) is 28.1 Å². The minimum atomic E-state index is 0.121. The molecule has 0 aliphatic heterocycles. The number of ether oxygens (including phenoxy) is 2. The smallest absolute Gasteiger partial charge is 0.253 e. The molecule has 6 nitrogen and oxygen atoms in total. The molecule has 0 saturated heterocycles. The highest BCUT2D eigenvalue weighted by Crippen LogP contribution is 2.36. The average molecular weight is 327 g/mol. The van der Waals surface area contributed by atoms with Crippen molar-refractivity contribution in [2.24, 2.45) is 0 Å². The summed E-state index contributed by atoms with van der Waals surface area (Å²) in [5, 5.41) is 7.53. The lowest BCUT2D eigenvalue weighted by Crippen LogP contribution is -2.00. The molecule has 0 radical (unpaired) electrons. The molecule has 1 aromatic carbocycles. The van der Waals surface area contributed by atoms with Crippen LogP contribution in [0, 0.1) is 6.92 Å². The van der Waals surface area contributed by atoms with Gasteiger partial charge in [0.25, 0.3) is 5.89 Å². The molecule has 0 fully saturated rings. The highest BCUT2D eigenvalue weighted by molar-refractivity contribution is 9.10. The molecule has 0 bridgehead atoms. The van der Waals surface area contributed by atoms with Crippen LogP contribution >= 0.6 is 15.9 Å². The number of methoxy groups -OCH3 is 1. The van der Waals surface area contributed by atoms with Crippen molar-refractivity contribution < 1.29 is 18.7 Å². The third kappa shape index (κ3) is 3.11. The lowest BCUT2D eigenvalue weighted by Gasteiger charge is -2.11. The fourth-order valence-electron chi connectivity index (χ4n) is 1.48. The molecule has 0 amide bonds. The largest absolute Gasteiger partial charge is 0.493 e. The molecule has 0 saturated carbocycles. The van der Waals surface area contributed by atoms with Crippen molar-refractivity contribution >= 4 is 22.2 Å². The third-order valence-corrected chi connectivity index (χ3v) is 2.88. The van der Waals surface area contributed by atoms with Crippen LogP contribution in [0.25, 0.3) is 0 Å². The normalized spacial score (nSPS) is 10.3. The summed E-state index contributed by atoms with van der Waals surface area (Å²) >= 11 is 3.33. The Morgan fingerprint density at radius 3 is 2.79 bits per heavy atom. The molecule has 1 aromatic heterocycles. The van der Waals surface area contributed by atoms with E-state index in [4.69, 9.17) is 13.9 Å². The zero-order valence-electron chi connectivity index (χ0n) is 10.3. The summed E-state index contributed by atoms with van der Waals surface area (Å²) in [5.41, 5.74) is 0.490. The van der Waals surface area contributed by atoms with Crippen molar-refractivity contribution in [3.63, 3.8) is 0 Å². The second kappa shape index (κ2) is 5.83. The van der Waals surface area contributed by atoms with E-state index in [0.717, 1.165) is 6.29 Å². The predicted molar refractivity (Wildman–Crippen MR) is 69.4 cm³/mol. The molecule has 2 rings (SSSR count). The maximum atomic E-state index is 10.8. The van der Waals surface area contributed by atoms with Crippen molar-refractivity contribution in [1.29, 1.82) is 0 Å². The van der Waals surface area contributed by atoms with Gasteiger partial charge in [-0.2, -0.15) is 0 Å². The number of aryl methyl sites for hydroxylation is 1. The number of aldehydes is 1. The molecule has 0 atom stereocenters. The monoisotopic (exact) mass is 326 g/mol. The van der Waals surface area contributed by atoms with Crippen LogP contribution in [0.1, 0.15) is 22.1 Å². The molecule has 0 spiro atoms. The van der Waals surface area contributed by atoms with E-state index in [1.807, 2.05) is 0 Å². The SMILES string of the molecule is COc1cc(C=O)cc(Br)c1OCc1nnc(C)o1. The Bertz CT molecular complexity index is 597. The maximum absolute atomic E-state index is 10.8. The van der Waals surface area contributed by atoms with Gasteiger partial charge in [-0.25, -0.2) is 0 Å². The highest BCUT2D eigenvalue weighted by Gasteiger charge is 2.13. The summed E-state index contributed by atoms with van der Waals surface area (Å²) in [4.78, 5) is 10.8. The number of carbonyl (C=O) groups excluding carboxylic acids is 1. The Hall–Kier alpha value is -1.89. The first-order chi connectivity index (χ1) is 9.13. The molecule has 0 aliphatic carbocycles. The first-order valence-corrected chi connectivity index (χ1v) is 6.18. The van der Waals surface area contributed by atoms with Crippen LogP contribution in [0.3, 0.4) is 0 Å². The quantitative estimate of drug-likeness (QED) is 0.786. The Morgan fingerprint density at radius 1 is 1.42 bits per heavy atom. The van der Waals surface area contributed by atoms with Gasteiger partial charge in [0.1, 0.15) is 6.29 Å². The summed E-state index contributed by atoms with van der Waals surface area (Å²) < 4.78 is 16.6. The minimum Gasteiger partial charge on any atom is -0.493 e. The zero-order valence-corrected chi connectivity index (χ0v) is 11.9. The molecule has 19 heavy (non-hydrogen) atoms. The maximum Gasteiger partial charge on any atom is 0.253 e. The molecular formula is C12H11BrN2O4. The lowest BCUT2D eigenvalue weighted by molar-refractivity contribution is 0.112. The Morgan fingerprint density at radius 2 is 2.21 bits per heavy atom. The number of rotatable bonds is 5. The number of aromatic nitrogens is 2. The van der Waals surface area contributed by atoms with Gasteiger partial charge in [0.15, 0.2) is 18.1 Å². The van der Waals surface area contributed by atoms with Crippen molar-refractivity contribution in [1.82, 2.24) is 10.2 Å². The van der Waals surface area contributed by atoms with Crippen LogP contribution in [-0.4, -0.2) is 23.6 Å². The molecule has 2 aromatic rings. The topological polar surface area (TPSA) is 74.5 Å². The Kier molecular flexibility index (Phi) is 4.16. The van der Waals surface area contributed by atoms with Gasteiger partial charge in [0, 0.05) is 12.5 Å². The van der Waals surface area contributed by atoms with Gasteiger partial charge in [-0.1, -0.05) is 0 Å². The molecule has 0 aliphatic rings. The van der Waals surface area contributed by atoms with Gasteiger partial charge < -0.3 is 13.9 Å². The zero-order chi connectivity index (χ0) is 13.8. The highest BCUT2D eigenvalue weighted by atomic mass is 79.9. The van der Waals surface area contributed by atoms with E-state index in [-0.39, 0.29) is 6.61 Å². The first-order valence-electron chi connectivity index (χ1n) is 5.38. The molecule has 1 heterocycles. The fourth-order valence-corrected chi connectivity index (χ4v) is 2.05. The van der Waals surface area contributed by atoms with Crippen LogP contribution in [0.5, 0.6) is 11.5 Å². The standard InChI is InChI=1S/C12H11BrN2O4/c1-7-14-15-11(19-7)6-18-12-9(13)3-8(5-16)4-10(12)17-2/h3-5H,6H2,1-2H3. The number of benzene rings is 1. The molecule has 0 unspecified atom stereocenters. The Labute approximate surface area is 117 Å². The van der Waals surface area contributed by atoms with Crippen LogP contribution in [-0.2, 0) is 6.61 Å². The van der Waals surface area contributed by atoms with Crippen LogP contribution in [0.4, 0.5) is 0 Å².